The first-order valence-corrected chi connectivity index (χ1v) is 7.15. The Morgan fingerprint density at radius 1 is 1.29 bits per heavy atom. The molecule has 0 aliphatic heterocycles. The third kappa shape index (κ3) is 3.87. The number of hydrogen-bond acceptors (Lipinski definition) is 5. The molecule has 3 N–H and O–H groups in total. The molecule has 0 saturated heterocycles. The van der Waals surface area contributed by atoms with Gasteiger partial charge in [-0.25, -0.2) is 4.79 Å². The lowest BCUT2D eigenvalue weighted by Crippen LogP contribution is -2.43. The van der Waals surface area contributed by atoms with Crippen LogP contribution in [0.25, 0.3) is 0 Å². The van der Waals surface area contributed by atoms with Crippen LogP contribution >= 0.6 is 0 Å². The Hall–Kier alpha value is -1.76. The molecular weight excluding hydrogens is 272 g/mol. The van der Waals surface area contributed by atoms with Crippen molar-refractivity contribution in [3.63, 3.8) is 0 Å². The fourth-order valence-corrected chi connectivity index (χ4v) is 2.16. The molecule has 0 spiro atoms. The average molecular weight is 298 g/mol. The molecule has 0 fully saturated rings. The first-order chi connectivity index (χ1) is 9.66. The van der Waals surface area contributed by atoms with E-state index in [-0.39, 0.29) is 11.7 Å². The highest BCUT2D eigenvalue weighted by atomic mass is 16.3. The van der Waals surface area contributed by atoms with E-state index in [1.807, 2.05) is 13.8 Å². The predicted molar refractivity (Wildman–Crippen MR) is 84.8 cm³/mol. The van der Waals surface area contributed by atoms with Gasteiger partial charge in [0.1, 0.15) is 11.5 Å². The van der Waals surface area contributed by atoms with Gasteiger partial charge in [0.15, 0.2) is 0 Å². The molecule has 0 aromatic carbocycles. The molecule has 7 heteroatoms. The van der Waals surface area contributed by atoms with Gasteiger partial charge in [-0.15, -0.1) is 0 Å². The fraction of sp³-hybridized carbons (Fsp3) is 0.714. The normalized spacial score (nSPS) is 12.7. The summed E-state index contributed by atoms with van der Waals surface area (Å²) in [6, 6.07) is 0. The molecule has 0 radical (unpaired) electrons. The Morgan fingerprint density at radius 3 is 2.33 bits per heavy atom. The van der Waals surface area contributed by atoms with Crippen molar-refractivity contribution in [1.29, 1.82) is 0 Å². The number of aromatic nitrogens is 2. The lowest BCUT2D eigenvalue weighted by atomic mass is 10.2. The van der Waals surface area contributed by atoms with Crippen molar-refractivity contribution in [3.05, 3.63) is 20.8 Å². The highest BCUT2D eigenvalue weighted by Gasteiger charge is 2.19. The Labute approximate surface area is 124 Å². The Bertz CT molecular complexity index is 601. The number of hydrogen-bond donors (Lipinski definition) is 2. The number of rotatable bonds is 6. The van der Waals surface area contributed by atoms with Crippen LogP contribution in [0.5, 0.6) is 0 Å². The van der Waals surface area contributed by atoms with Crippen LogP contribution < -0.4 is 21.9 Å². The molecular formula is C14H26N4O3. The third-order valence-corrected chi connectivity index (χ3v) is 3.37. The van der Waals surface area contributed by atoms with Crippen LogP contribution in [0, 0.1) is 5.92 Å². The highest BCUT2D eigenvalue weighted by Crippen LogP contribution is 2.17. The topological polar surface area (TPSA) is 93.5 Å². The van der Waals surface area contributed by atoms with Crippen molar-refractivity contribution < 1.29 is 5.11 Å². The molecule has 1 heterocycles. The van der Waals surface area contributed by atoms with Crippen LogP contribution in [-0.2, 0) is 13.6 Å². The van der Waals surface area contributed by atoms with Gasteiger partial charge in [-0.05, 0) is 19.3 Å². The van der Waals surface area contributed by atoms with Crippen LogP contribution in [-0.4, -0.2) is 33.9 Å². The zero-order valence-electron chi connectivity index (χ0n) is 13.5. The van der Waals surface area contributed by atoms with Crippen molar-refractivity contribution in [3.8, 4) is 0 Å². The summed E-state index contributed by atoms with van der Waals surface area (Å²) in [5, 5.41) is 9.36. The fourth-order valence-electron chi connectivity index (χ4n) is 2.16. The minimum Gasteiger partial charge on any atom is -0.393 e. The molecule has 1 aromatic heterocycles. The lowest BCUT2D eigenvalue weighted by Gasteiger charge is -2.24. The number of nitrogens with zero attached hydrogens (tertiary/aromatic N) is 3. The average Bonchev–Trinajstić information content (AvgIpc) is 2.39. The van der Waals surface area contributed by atoms with E-state index in [1.54, 1.807) is 18.9 Å². The van der Waals surface area contributed by atoms with Crippen LogP contribution in [0.15, 0.2) is 9.59 Å². The molecule has 0 aliphatic rings. The van der Waals surface area contributed by atoms with Crippen LogP contribution in [0.2, 0.25) is 0 Å². The van der Waals surface area contributed by atoms with Crippen molar-refractivity contribution in [2.45, 2.75) is 39.8 Å². The molecule has 0 amide bonds. The van der Waals surface area contributed by atoms with Gasteiger partial charge < -0.3 is 15.7 Å². The number of nitrogens with two attached hydrogens (primary N) is 1. The van der Waals surface area contributed by atoms with Crippen molar-refractivity contribution in [2.75, 3.05) is 24.2 Å². The van der Waals surface area contributed by atoms with Crippen LogP contribution in [0.1, 0.15) is 27.2 Å². The molecule has 1 rings (SSSR count). The largest absolute Gasteiger partial charge is 0.393 e. The molecule has 120 valence electrons. The predicted octanol–water partition coefficient (Wildman–Crippen LogP) is -0.00770. The summed E-state index contributed by atoms with van der Waals surface area (Å²) in [4.78, 5) is 26.2. The maximum atomic E-state index is 12.3. The number of aliphatic hydroxyl groups excluding tert-OH is 1. The standard InChI is InChI=1S/C14H26N4O3/c1-9(2)8-18-12(15)11(13(20)17(5)14(18)21)16(4)7-6-10(3)19/h9-10,19H,6-8,15H2,1-5H3. The van der Waals surface area contributed by atoms with Crippen LogP contribution in [0.3, 0.4) is 0 Å². The van der Waals surface area contributed by atoms with E-state index >= 15 is 0 Å². The van der Waals surface area contributed by atoms with Gasteiger partial charge in [-0.2, -0.15) is 0 Å². The lowest BCUT2D eigenvalue weighted by molar-refractivity contribution is 0.187. The zero-order valence-corrected chi connectivity index (χ0v) is 13.5. The quantitative estimate of drug-likeness (QED) is 0.770. The summed E-state index contributed by atoms with van der Waals surface area (Å²) in [6.07, 6.45) is 0.0571. The summed E-state index contributed by atoms with van der Waals surface area (Å²) in [7, 11) is 3.19. The zero-order chi connectivity index (χ0) is 16.3. The second-order valence-electron chi connectivity index (χ2n) is 5.94. The second-order valence-corrected chi connectivity index (χ2v) is 5.94. The third-order valence-electron chi connectivity index (χ3n) is 3.37. The van der Waals surface area contributed by atoms with Crippen molar-refractivity contribution in [1.82, 2.24) is 9.13 Å². The summed E-state index contributed by atoms with van der Waals surface area (Å²) >= 11 is 0. The summed E-state index contributed by atoms with van der Waals surface area (Å²) in [6.45, 7) is 6.59. The molecule has 1 unspecified atom stereocenters. The number of aliphatic hydroxyl groups is 1. The van der Waals surface area contributed by atoms with Gasteiger partial charge in [0, 0.05) is 27.2 Å². The van der Waals surface area contributed by atoms with Gasteiger partial charge in [0.05, 0.1) is 6.10 Å². The molecule has 7 nitrogen and oxygen atoms in total. The van der Waals surface area contributed by atoms with E-state index in [1.165, 1.54) is 11.6 Å². The number of nitrogen functional groups attached to an aromatic ring is 1. The van der Waals surface area contributed by atoms with Crippen molar-refractivity contribution in [2.24, 2.45) is 13.0 Å². The first kappa shape index (κ1) is 17.3. The van der Waals surface area contributed by atoms with E-state index in [2.05, 4.69) is 0 Å². The summed E-state index contributed by atoms with van der Waals surface area (Å²) in [5.41, 5.74) is 5.54. The smallest absolute Gasteiger partial charge is 0.332 e. The van der Waals surface area contributed by atoms with E-state index in [9.17, 15) is 14.7 Å². The Balaban J connectivity index is 3.35. The monoisotopic (exact) mass is 298 g/mol. The first-order valence-electron chi connectivity index (χ1n) is 7.15. The van der Waals surface area contributed by atoms with E-state index in [4.69, 9.17) is 5.73 Å². The minimum atomic E-state index is -0.459. The molecule has 0 bridgehead atoms. The molecule has 1 aromatic rings. The molecule has 0 saturated carbocycles. The van der Waals surface area contributed by atoms with Gasteiger partial charge in [0.2, 0.25) is 0 Å². The number of anilines is 2. The second kappa shape index (κ2) is 6.80. The van der Waals surface area contributed by atoms with E-state index in [0.29, 0.717) is 25.2 Å². The Kier molecular flexibility index (Phi) is 5.60. The maximum absolute atomic E-state index is 12.3. The minimum absolute atomic E-state index is 0.185. The molecule has 0 aliphatic carbocycles. The van der Waals surface area contributed by atoms with E-state index in [0.717, 1.165) is 4.57 Å². The summed E-state index contributed by atoms with van der Waals surface area (Å²) < 4.78 is 2.51. The maximum Gasteiger partial charge on any atom is 0.332 e. The molecule has 21 heavy (non-hydrogen) atoms. The van der Waals surface area contributed by atoms with E-state index < -0.39 is 17.4 Å². The van der Waals surface area contributed by atoms with Crippen LogP contribution in [0.4, 0.5) is 11.5 Å². The van der Waals surface area contributed by atoms with Gasteiger partial charge in [0.25, 0.3) is 5.56 Å². The summed E-state index contributed by atoms with van der Waals surface area (Å²) in [5.74, 6) is 0.419. The van der Waals surface area contributed by atoms with Crippen molar-refractivity contribution >= 4 is 11.5 Å². The van der Waals surface area contributed by atoms with Gasteiger partial charge in [-0.1, -0.05) is 13.8 Å². The highest BCUT2D eigenvalue weighted by molar-refractivity contribution is 5.62. The van der Waals surface area contributed by atoms with Gasteiger partial charge in [-0.3, -0.25) is 13.9 Å². The SMILES string of the molecule is CC(C)Cn1c(N)c(N(C)CCC(C)O)c(=O)n(C)c1=O. The van der Waals surface area contributed by atoms with Gasteiger partial charge >= 0.3 is 5.69 Å². The Morgan fingerprint density at radius 2 is 1.86 bits per heavy atom. The molecule has 1 atom stereocenters.